The molecule has 1 aromatic rings. The molecule has 2 atom stereocenters. The topological polar surface area (TPSA) is 58.2 Å². The minimum atomic E-state index is -0.728. The molecule has 106 valence electrons. The average molecular weight is 282 g/mol. The van der Waals surface area contributed by atoms with Crippen LogP contribution in [0.3, 0.4) is 0 Å². The quantitative estimate of drug-likeness (QED) is 0.792. The van der Waals surface area contributed by atoms with Crippen molar-refractivity contribution in [2.45, 2.75) is 25.9 Å². The minimum absolute atomic E-state index is 0.0710. The smallest absolute Gasteiger partial charge is 0.251 e. The second kappa shape index (κ2) is 8.07. The lowest BCUT2D eigenvalue weighted by atomic mass is 10.1. The molecule has 0 heterocycles. The third kappa shape index (κ3) is 5.98. The minimum Gasteiger partial charge on any atom is -0.355 e. The van der Waals surface area contributed by atoms with Gasteiger partial charge in [0, 0.05) is 48.0 Å². The Balaban J connectivity index is 2.41. The summed E-state index contributed by atoms with van der Waals surface area (Å²) in [5.41, 5.74) is 1.80. The summed E-state index contributed by atoms with van der Waals surface area (Å²) in [6, 6.07) is 7.87. The van der Waals surface area contributed by atoms with E-state index in [1.807, 2.05) is 24.3 Å². The highest BCUT2D eigenvalue weighted by Crippen LogP contribution is 2.05. The number of nitrogens with one attached hydrogen (secondary N) is 2. The number of carbonyl (C=O) groups is 1. The maximum absolute atomic E-state index is 11.4. The van der Waals surface area contributed by atoms with Crippen LogP contribution in [-0.2, 0) is 17.3 Å². The number of rotatable bonds is 7. The highest BCUT2D eigenvalue weighted by Gasteiger charge is 2.04. The molecule has 0 aliphatic carbocycles. The molecule has 1 rings (SSSR count). The first kappa shape index (κ1) is 15.9. The van der Waals surface area contributed by atoms with Gasteiger partial charge in [0.2, 0.25) is 0 Å². The van der Waals surface area contributed by atoms with Crippen molar-refractivity contribution < 1.29 is 9.00 Å². The van der Waals surface area contributed by atoms with E-state index in [0.29, 0.717) is 11.6 Å². The van der Waals surface area contributed by atoms with E-state index >= 15 is 0 Å². The largest absolute Gasteiger partial charge is 0.355 e. The summed E-state index contributed by atoms with van der Waals surface area (Å²) < 4.78 is 11.0. The molecule has 0 saturated carbocycles. The zero-order valence-corrected chi connectivity index (χ0v) is 12.5. The fraction of sp³-hybridized carbons (Fsp3) is 0.500. The lowest BCUT2D eigenvalue weighted by molar-refractivity contribution is 0.0963. The predicted molar refractivity (Wildman–Crippen MR) is 79.7 cm³/mol. The van der Waals surface area contributed by atoms with Crippen molar-refractivity contribution in [1.82, 2.24) is 10.6 Å². The van der Waals surface area contributed by atoms with Crippen LogP contribution in [0, 0.1) is 0 Å². The van der Waals surface area contributed by atoms with Gasteiger partial charge in [0.1, 0.15) is 0 Å². The van der Waals surface area contributed by atoms with Crippen LogP contribution in [0.15, 0.2) is 24.3 Å². The fourth-order valence-corrected chi connectivity index (χ4v) is 2.34. The highest BCUT2D eigenvalue weighted by atomic mass is 32.2. The first-order chi connectivity index (χ1) is 9.02. The number of hydrogen-bond donors (Lipinski definition) is 2. The van der Waals surface area contributed by atoms with Gasteiger partial charge in [-0.15, -0.1) is 0 Å². The molecule has 4 nitrogen and oxygen atoms in total. The van der Waals surface area contributed by atoms with Crippen molar-refractivity contribution in [2.24, 2.45) is 0 Å². The Morgan fingerprint density at radius 2 is 1.95 bits per heavy atom. The van der Waals surface area contributed by atoms with Gasteiger partial charge in [-0.3, -0.25) is 9.00 Å². The fourth-order valence-electron chi connectivity index (χ4n) is 1.66. The Labute approximate surface area is 117 Å². The van der Waals surface area contributed by atoms with Crippen molar-refractivity contribution in [1.29, 1.82) is 0 Å². The van der Waals surface area contributed by atoms with Gasteiger partial charge in [0.05, 0.1) is 0 Å². The monoisotopic (exact) mass is 282 g/mol. The molecule has 19 heavy (non-hydrogen) atoms. The molecule has 1 aromatic carbocycles. The van der Waals surface area contributed by atoms with Gasteiger partial charge in [-0.25, -0.2) is 0 Å². The Kier molecular flexibility index (Phi) is 6.73. The molecule has 0 spiro atoms. The number of hydrogen-bond acceptors (Lipinski definition) is 3. The summed E-state index contributed by atoms with van der Waals surface area (Å²) in [6.45, 7) is 2.84. The van der Waals surface area contributed by atoms with Crippen molar-refractivity contribution >= 4 is 16.7 Å². The Hall–Kier alpha value is -1.20. The second-order valence-corrected chi connectivity index (χ2v) is 6.18. The molecule has 0 aliphatic rings. The van der Waals surface area contributed by atoms with E-state index in [0.717, 1.165) is 24.3 Å². The molecule has 0 aliphatic heterocycles. The van der Waals surface area contributed by atoms with Crippen LogP contribution in [0.4, 0.5) is 0 Å². The third-order valence-electron chi connectivity index (χ3n) is 2.94. The first-order valence-corrected chi connectivity index (χ1v) is 8.10. The molecule has 2 unspecified atom stereocenters. The summed E-state index contributed by atoms with van der Waals surface area (Å²) >= 11 is 0. The van der Waals surface area contributed by atoms with E-state index in [1.54, 1.807) is 13.3 Å². The summed E-state index contributed by atoms with van der Waals surface area (Å²) in [6.07, 6.45) is 2.63. The Morgan fingerprint density at radius 3 is 2.47 bits per heavy atom. The van der Waals surface area contributed by atoms with E-state index in [9.17, 15) is 9.00 Å². The molecule has 0 aromatic heterocycles. The van der Waals surface area contributed by atoms with Crippen LogP contribution in [-0.4, -0.2) is 35.2 Å². The lowest BCUT2D eigenvalue weighted by Gasteiger charge is -2.13. The van der Waals surface area contributed by atoms with Crippen molar-refractivity contribution in [3.8, 4) is 0 Å². The van der Waals surface area contributed by atoms with Gasteiger partial charge in [-0.05, 0) is 31.0 Å². The normalized spacial score (nSPS) is 13.8. The van der Waals surface area contributed by atoms with Crippen LogP contribution in [0.1, 0.15) is 29.3 Å². The molecule has 0 fully saturated rings. The number of amides is 1. The SMILES string of the molecule is CNC(=O)c1ccc(CNC(C)CCS(C)=O)cc1. The maximum atomic E-state index is 11.4. The molecule has 0 saturated heterocycles. The highest BCUT2D eigenvalue weighted by molar-refractivity contribution is 7.84. The van der Waals surface area contributed by atoms with Gasteiger partial charge in [-0.1, -0.05) is 12.1 Å². The zero-order valence-electron chi connectivity index (χ0n) is 11.7. The predicted octanol–water partition coefficient (Wildman–Crippen LogP) is 1.29. The van der Waals surface area contributed by atoms with Crippen LogP contribution in [0.5, 0.6) is 0 Å². The van der Waals surface area contributed by atoms with E-state index < -0.39 is 10.8 Å². The van der Waals surface area contributed by atoms with Crippen LogP contribution >= 0.6 is 0 Å². The second-order valence-electron chi connectivity index (χ2n) is 4.62. The molecule has 5 heteroatoms. The molecular formula is C14H22N2O2S. The zero-order chi connectivity index (χ0) is 14.3. The standard InChI is InChI=1S/C14H22N2O2S/c1-11(8-9-19(3)18)16-10-12-4-6-13(7-5-12)14(17)15-2/h4-7,11,16H,8-10H2,1-3H3,(H,15,17). The molecular weight excluding hydrogens is 260 g/mol. The summed E-state index contributed by atoms with van der Waals surface area (Å²) in [7, 11) is 0.894. The van der Waals surface area contributed by atoms with E-state index in [4.69, 9.17) is 0 Å². The van der Waals surface area contributed by atoms with Crippen LogP contribution in [0.2, 0.25) is 0 Å². The van der Waals surface area contributed by atoms with Crippen molar-refractivity contribution in [2.75, 3.05) is 19.1 Å². The van der Waals surface area contributed by atoms with E-state index in [-0.39, 0.29) is 5.91 Å². The number of benzene rings is 1. The van der Waals surface area contributed by atoms with Gasteiger partial charge >= 0.3 is 0 Å². The van der Waals surface area contributed by atoms with Gasteiger partial charge < -0.3 is 10.6 Å². The van der Waals surface area contributed by atoms with Crippen molar-refractivity contribution in [3.63, 3.8) is 0 Å². The Morgan fingerprint density at radius 1 is 1.32 bits per heavy atom. The number of carbonyl (C=O) groups excluding carboxylic acids is 1. The maximum Gasteiger partial charge on any atom is 0.251 e. The summed E-state index contributed by atoms with van der Waals surface area (Å²) in [4.78, 5) is 11.4. The molecule has 2 N–H and O–H groups in total. The summed E-state index contributed by atoms with van der Waals surface area (Å²) in [5, 5.41) is 5.98. The summed E-state index contributed by atoms with van der Waals surface area (Å²) in [5.74, 6) is 0.655. The van der Waals surface area contributed by atoms with Crippen LogP contribution < -0.4 is 10.6 Å². The molecule has 1 amide bonds. The Bertz CT molecular complexity index is 432. The van der Waals surface area contributed by atoms with Crippen LogP contribution in [0.25, 0.3) is 0 Å². The first-order valence-electron chi connectivity index (χ1n) is 6.37. The van der Waals surface area contributed by atoms with E-state index in [2.05, 4.69) is 17.6 Å². The van der Waals surface area contributed by atoms with Gasteiger partial charge in [0.15, 0.2) is 0 Å². The van der Waals surface area contributed by atoms with Gasteiger partial charge in [-0.2, -0.15) is 0 Å². The lowest BCUT2D eigenvalue weighted by Crippen LogP contribution is -2.27. The van der Waals surface area contributed by atoms with Crippen molar-refractivity contribution in [3.05, 3.63) is 35.4 Å². The van der Waals surface area contributed by atoms with E-state index in [1.165, 1.54) is 0 Å². The molecule has 0 bridgehead atoms. The molecule has 0 radical (unpaired) electrons. The van der Waals surface area contributed by atoms with Gasteiger partial charge in [0.25, 0.3) is 5.91 Å². The third-order valence-corrected chi connectivity index (χ3v) is 3.75. The average Bonchev–Trinajstić information content (AvgIpc) is 2.42.